The first-order valence-electron chi connectivity index (χ1n) is 26.4. The minimum absolute atomic E-state index is 0.00165. The Labute approximate surface area is 480 Å². The standard InChI is InChI=1S/2C29H22F2N4O6S/c2*1-2-40-29(38)41-26-19(36)9-10-34-25(26)28(37)33-11-12-39-13-20(33)35(34)24-15-5-3-4-6-16(15)27-23(32-14-42-27)21-17(24)7-8-18(30)22(21)31/h2*3-10,14,20,24H,2,11-13H2,1H3/t20-,24-;/m1./s1. The van der Waals surface area contributed by atoms with Gasteiger partial charge < -0.3 is 38.2 Å². The highest BCUT2D eigenvalue weighted by atomic mass is 32.1. The zero-order valence-corrected chi connectivity index (χ0v) is 45.8. The van der Waals surface area contributed by atoms with Crippen molar-refractivity contribution < 1.29 is 65.2 Å². The van der Waals surface area contributed by atoms with E-state index in [0.717, 1.165) is 34.4 Å². The zero-order chi connectivity index (χ0) is 58.2. The Balaban J connectivity index is 0.000000157. The monoisotopic (exact) mass is 1180 g/mol. The molecule has 14 rings (SSSR count). The fraction of sp³-hybridized carbons (Fsp3) is 0.241. The van der Waals surface area contributed by atoms with Gasteiger partial charge in [0, 0.05) is 48.7 Å². The number of fused-ring (bicyclic) bond motifs is 14. The summed E-state index contributed by atoms with van der Waals surface area (Å²) in [5.41, 5.74) is 5.72. The Kier molecular flexibility index (Phi) is 13.8. The van der Waals surface area contributed by atoms with Crippen molar-refractivity contribution in [3.63, 3.8) is 0 Å². The van der Waals surface area contributed by atoms with Crippen LogP contribution in [0.2, 0.25) is 0 Å². The van der Waals surface area contributed by atoms with E-state index in [1.807, 2.05) is 48.5 Å². The lowest BCUT2D eigenvalue weighted by molar-refractivity contribution is -0.0198. The van der Waals surface area contributed by atoms with Crippen molar-refractivity contribution in [2.75, 3.05) is 62.7 Å². The quantitative estimate of drug-likeness (QED) is 0.113. The van der Waals surface area contributed by atoms with Crippen molar-refractivity contribution >= 4 is 46.8 Å². The molecule has 2 fully saturated rings. The number of halogens is 4. The Morgan fingerprint density at radius 1 is 0.571 bits per heavy atom. The number of pyridine rings is 2. The number of thiazole rings is 2. The molecular weight excluding hydrogens is 1140 g/mol. The van der Waals surface area contributed by atoms with Crippen LogP contribution in [0.5, 0.6) is 11.5 Å². The molecule has 2 saturated heterocycles. The van der Waals surface area contributed by atoms with Gasteiger partial charge in [-0.1, -0.05) is 60.7 Å². The van der Waals surface area contributed by atoms with Gasteiger partial charge in [0.15, 0.2) is 34.7 Å². The molecule has 0 spiro atoms. The van der Waals surface area contributed by atoms with E-state index in [0.29, 0.717) is 32.3 Å². The van der Waals surface area contributed by atoms with Crippen LogP contribution < -0.4 is 30.3 Å². The van der Waals surface area contributed by atoms with E-state index >= 15 is 8.78 Å². The number of hydrogen-bond acceptors (Lipinski definition) is 18. The number of rotatable bonds is 6. The zero-order valence-electron chi connectivity index (χ0n) is 44.2. The minimum atomic E-state index is -1.13. The average molecular weight is 1190 g/mol. The van der Waals surface area contributed by atoms with E-state index in [-0.39, 0.29) is 75.2 Å². The van der Waals surface area contributed by atoms with Crippen LogP contribution in [-0.4, -0.2) is 118 Å². The second-order valence-corrected chi connectivity index (χ2v) is 21.2. The van der Waals surface area contributed by atoms with Crippen molar-refractivity contribution in [3.8, 4) is 54.9 Å². The lowest BCUT2D eigenvalue weighted by atomic mass is 9.92. The molecule has 0 bridgehead atoms. The predicted octanol–water partition coefficient (Wildman–Crippen LogP) is 8.61. The number of aromatic nitrogens is 4. The summed E-state index contributed by atoms with van der Waals surface area (Å²) in [4.78, 5) is 91.8. The van der Waals surface area contributed by atoms with Gasteiger partial charge in [0.2, 0.25) is 22.4 Å². The largest absolute Gasteiger partial charge is 0.514 e. The van der Waals surface area contributed by atoms with E-state index in [4.69, 9.17) is 28.4 Å². The molecule has 20 nitrogen and oxygen atoms in total. The fourth-order valence-electron chi connectivity index (χ4n) is 11.8. The number of ether oxygens (including phenoxy) is 6. The number of nitrogens with zero attached hydrogens (tertiary/aromatic N) is 8. The van der Waals surface area contributed by atoms with Crippen LogP contribution in [0.3, 0.4) is 0 Å². The Bertz CT molecular complexity index is 3910. The summed E-state index contributed by atoms with van der Waals surface area (Å²) >= 11 is 2.61. The lowest BCUT2D eigenvalue weighted by Crippen LogP contribution is -2.66. The third-order valence-corrected chi connectivity index (χ3v) is 16.9. The molecule has 428 valence electrons. The van der Waals surface area contributed by atoms with E-state index < -0.39 is 94.2 Å². The molecule has 8 heterocycles. The van der Waals surface area contributed by atoms with Gasteiger partial charge in [0.1, 0.15) is 12.3 Å². The first-order chi connectivity index (χ1) is 40.8. The number of hydrogen-bond donors (Lipinski definition) is 0. The minimum Gasteiger partial charge on any atom is -0.434 e. The van der Waals surface area contributed by atoms with E-state index in [2.05, 4.69) is 9.97 Å². The van der Waals surface area contributed by atoms with Crippen LogP contribution in [0.4, 0.5) is 27.2 Å². The van der Waals surface area contributed by atoms with Crippen LogP contribution in [0.1, 0.15) is 69.2 Å². The normalized spacial score (nSPS) is 18.7. The highest BCUT2D eigenvalue weighted by Gasteiger charge is 2.50. The van der Waals surface area contributed by atoms with Crippen molar-refractivity contribution in [2.24, 2.45) is 0 Å². The molecule has 2 unspecified atom stereocenters. The molecule has 6 aliphatic rings. The van der Waals surface area contributed by atoms with Crippen LogP contribution in [0.25, 0.3) is 43.4 Å². The summed E-state index contributed by atoms with van der Waals surface area (Å²) in [6.07, 6.45) is -0.906. The summed E-state index contributed by atoms with van der Waals surface area (Å²) in [5, 5.41) is 3.55. The number of carbonyl (C=O) groups is 4. The van der Waals surface area contributed by atoms with Crippen molar-refractivity contribution in [3.05, 3.63) is 186 Å². The number of benzene rings is 4. The number of carbonyl (C=O) groups excluding carboxylic acids is 4. The van der Waals surface area contributed by atoms with Crippen molar-refractivity contribution in [1.29, 1.82) is 0 Å². The van der Waals surface area contributed by atoms with Gasteiger partial charge in [-0.3, -0.25) is 38.5 Å². The summed E-state index contributed by atoms with van der Waals surface area (Å²) < 4.78 is 96.0. The van der Waals surface area contributed by atoms with Gasteiger partial charge in [0.05, 0.1) is 83.9 Å². The van der Waals surface area contributed by atoms with Gasteiger partial charge in [0.25, 0.3) is 11.8 Å². The van der Waals surface area contributed by atoms with E-state index in [9.17, 15) is 37.5 Å². The highest BCUT2D eigenvalue weighted by molar-refractivity contribution is 7.14. The van der Waals surface area contributed by atoms with E-state index in [1.165, 1.54) is 78.5 Å². The maximum atomic E-state index is 15.8. The van der Waals surface area contributed by atoms with Crippen LogP contribution >= 0.6 is 22.7 Å². The topological polar surface area (TPSA) is 206 Å². The fourth-order valence-corrected chi connectivity index (χ4v) is 13.5. The maximum Gasteiger partial charge on any atom is 0.514 e. The van der Waals surface area contributed by atoms with Crippen LogP contribution in [-0.2, 0) is 18.9 Å². The maximum absolute atomic E-state index is 15.8. The summed E-state index contributed by atoms with van der Waals surface area (Å²) in [6.45, 7) is 4.15. The van der Waals surface area contributed by atoms with Gasteiger partial charge >= 0.3 is 12.3 Å². The molecule has 2 amide bonds. The molecule has 0 N–H and O–H groups in total. The predicted molar refractivity (Wildman–Crippen MR) is 294 cm³/mol. The summed E-state index contributed by atoms with van der Waals surface area (Å²) in [7, 11) is 0. The van der Waals surface area contributed by atoms with Crippen molar-refractivity contribution in [2.45, 2.75) is 38.3 Å². The molecule has 4 aliphatic heterocycles. The molecule has 26 heteroatoms. The molecule has 84 heavy (non-hydrogen) atoms. The SMILES string of the molecule is CCOC(=O)Oc1c2n(ccc1=O)N(C1c3ccccc3-c3scnc3-c3c1ccc(F)c3F)C1COCCN1C2=O.CCOC(=O)Oc1c2n(ccc1=O)N([C@@H]1c3ccccc3-c3scnc3-c3c1ccc(F)c3F)[C@@H]1COCCN1C2=O. The Morgan fingerprint density at radius 2 is 0.988 bits per heavy atom. The van der Waals surface area contributed by atoms with Gasteiger partial charge in [-0.05, 0) is 59.4 Å². The average Bonchev–Trinajstić information content (AvgIpc) is 3.65. The Morgan fingerprint density at radius 3 is 1.40 bits per heavy atom. The first-order valence-corrected chi connectivity index (χ1v) is 28.1. The smallest absolute Gasteiger partial charge is 0.434 e. The van der Waals surface area contributed by atoms with Gasteiger partial charge in [-0.15, -0.1) is 22.7 Å². The lowest BCUT2D eigenvalue weighted by Gasteiger charge is -2.51. The second kappa shape index (κ2) is 21.5. The second-order valence-electron chi connectivity index (χ2n) is 19.5. The molecule has 8 aromatic rings. The van der Waals surface area contributed by atoms with Crippen molar-refractivity contribution in [1.82, 2.24) is 29.1 Å². The number of amides is 2. The molecule has 2 aliphatic carbocycles. The third kappa shape index (κ3) is 8.60. The molecule has 0 radical (unpaired) electrons. The number of morpholine rings is 2. The molecular formula is C58H44F4N8O12S2. The van der Waals surface area contributed by atoms with E-state index in [1.54, 1.807) is 34.9 Å². The highest BCUT2D eigenvalue weighted by Crippen LogP contribution is 2.52. The molecule has 4 atom stereocenters. The molecule has 0 saturated carbocycles. The third-order valence-electron chi connectivity index (χ3n) is 15.2. The van der Waals surface area contributed by atoms with Crippen LogP contribution in [0.15, 0.2) is 118 Å². The molecule has 4 aromatic carbocycles. The summed E-state index contributed by atoms with van der Waals surface area (Å²) in [6, 6.07) is 20.7. The van der Waals surface area contributed by atoms with Gasteiger partial charge in [-0.2, -0.15) is 0 Å². The summed E-state index contributed by atoms with van der Waals surface area (Å²) in [5.74, 6) is -6.24. The Hall–Kier alpha value is -9.24. The molecule has 4 aromatic heterocycles. The first kappa shape index (κ1) is 54.0. The van der Waals surface area contributed by atoms with Gasteiger partial charge in [-0.25, -0.2) is 37.1 Å². The van der Waals surface area contributed by atoms with Crippen LogP contribution in [0, 0.1) is 23.3 Å².